The van der Waals surface area contributed by atoms with Crippen LogP contribution >= 0.6 is 0 Å². The fourth-order valence-electron chi connectivity index (χ4n) is 2.31. The molecule has 0 N–H and O–H groups in total. The Morgan fingerprint density at radius 2 is 2.00 bits per heavy atom. The molecule has 2 heteroatoms. The van der Waals surface area contributed by atoms with Crippen LogP contribution in [-0.2, 0) is 17.8 Å². The maximum absolute atomic E-state index is 11.8. The molecular formula is C15H21NO. The molecule has 1 heterocycles. The van der Waals surface area contributed by atoms with Gasteiger partial charge in [0, 0.05) is 12.5 Å². The van der Waals surface area contributed by atoms with Crippen LogP contribution in [0, 0.1) is 5.92 Å². The van der Waals surface area contributed by atoms with Gasteiger partial charge in [0.15, 0.2) is 0 Å². The van der Waals surface area contributed by atoms with Gasteiger partial charge in [-0.2, -0.15) is 0 Å². The molecule has 92 valence electrons. The van der Waals surface area contributed by atoms with Crippen LogP contribution in [0.15, 0.2) is 24.3 Å². The Morgan fingerprint density at radius 3 is 2.71 bits per heavy atom. The molecule has 0 unspecified atom stereocenters. The van der Waals surface area contributed by atoms with Gasteiger partial charge in [-0.25, -0.2) is 0 Å². The van der Waals surface area contributed by atoms with E-state index in [4.69, 9.17) is 0 Å². The fraction of sp³-hybridized carbons (Fsp3) is 0.533. The van der Waals surface area contributed by atoms with E-state index in [9.17, 15) is 4.79 Å². The van der Waals surface area contributed by atoms with E-state index in [-0.39, 0.29) is 5.92 Å². The lowest BCUT2D eigenvalue weighted by Gasteiger charge is -2.20. The van der Waals surface area contributed by atoms with Crippen molar-refractivity contribution in [3.05, 3.63) is 35.4 Å². The van der Waals surface area contributed by atoms with Gasteiger partial charge in [0.2, 0.25) is 0 Å². The summed E-state index contributed by atoms with van der Waals surface area (Å²) >= 11 is 0. The molecule has 1 aliphatic rings. The fourth-order valence-corrected chi connectivity index (χ4v) is 2.31. The highest BCUT2D eigenvalue weighted by molar-refractivity contribution is 5.82. The summed E-state index contributed by atoms with van der Waals surface area (Å²) in [6, 6.07) is 8.59. The molecule has 2 rings (SSSR count). The van der Waals surface area contributed by atoms with Crippen LogP contribution in [0.5, 0.6) is 0 Å². The first-order valence-electron chi connectivity index (χ1n) is 6.48. The second-order valence-electron chi connectivity index (χ2n) is 5.20. The number of Topliss-reactive ketones (excluding diaryl/α,β-unsaturated/α-hetero) is 1. The SMILES string of the molecule is CC(C)C(=O)CN1CCCc2ccccc2C1. The molecule has 0 aromatic heterocycles. The predicted molar refractivity (Wildman–Crippen MR) is 69.9 cm³/mol. The van der Waals surface area contributed by atoms with Gasteiger partial charge >= 0.3 is 0 Å². The van der Waals surface area contributed by atoms with E-state index < -0.39 is 0 Å². The van der Waals surface area contributed by atoms with Gasteiger partial charge in [0.05, 0.1) is 6.54 Å². The lowest BCUT2D eigenvalue weighted by atomic mass is 10.0. The first kappa shape index (κ1) is 12.3. The maximum atomic E-state index is 11.8. The van der Waals surface area contributed by atoms with Gasteiger partial charge in [-0.05, 0) is 30.5 Å². The zero-order valence-corrected chi connectivity index (χ0v) is 10.8. The number of hydrogen-bond donors (Lipinski definition) is 0. The number of hydrogen-bond acceptors (Lipinski definition) is 2. The molecule has 1 aromatic carbocycles. The first-order chi connectivity index (χ1) is 8.16. The molecule has 0 radical (unpaired) electrons. The predicted octanol–water partition coefficient (Wildman–Crippen LogP) is 2.66. The van der Waals surface area contributed by atoms with Crippen molar-refractivity contribution in [1.29, 1.82) is 0 Å². The van der Waals surface area contributed by atoms with Crippen LogP contribution in [-0.4, -0.2) is 23.8 Å². The van der Waals surface area contributed by atoms with Crippen molar-refractivity contribution in [1.82, 2.24) is 4.90 Å². The zero-order chi connectivity index (χ0) is 12.3. The Labute approximate surface area is 104 Å². The number of benzene rings is 1. The van der Waals surface area contributed by atoms with Crippen LogP contribution in [0.4, 0.5) is 0 Å². The van der Waals surface area contributed by atoms with Crippen molar-refractivity contribution in [3.8, 4) is 0 Å². The third-order valence-electron chi connectivity index (χ3n) is 3.46. The van der Waals surface area contributed by atoms with E-state index in [0.717, 1.165) is 25.9 Å². The highest BCUT2D eigenvalue weighted by Crippen LogP contribution is 2.18. The molecule has 1 aliphatic heterocycles. The Bertz CT molecular complexity index is 398. The minimum atomic E-state index is 0.147. The molecule has 0 aliphatic carbocycles. The maximum Gasteiger partial charge on any atom is 0.149 e. The lowest BCUT2D eigenvalue weighted by molar-refractivity contribution is -0.123. The van der Waals surface area contributed by atoms with E-state index in [1.165, 1.54) is 11.1 Å². The zero-order valence-electron chi connectivity index (χ0n) is 10.8. The average molecular weight is 231 g/mol. The normalized spacial score (nSPS) is 16.6. The number of carbonyl (C=O) groups is 1. The second-order valence-corrected chi connectivity index (χ2v) is 5.20. The summed E-state index contributed by atoms with van der Waals surface area (Å²) < 4.78 is 0. The number of nitrogens with zero attached hydrogens (tertiary/aromatic N) is 1. The topological polar surface area (TPSA) is 20.3 Å². The van der Waals surface area contributed by atoms with Crippen LogP contribution in [0.2, 0.25) is 0 Å². The minimum absolute atomic E-state index is 0.147. The third kappa shape index (κ3) is 3.16. The minimum Gasteiger partial charge on any atom is -0.298 e. The van der Waals surface area contributed by atoms with Gasteiger partial charge in [-0.1, -0.05) is 38.1 Å². The summed E-state index contributed by atoms with van der Waals surface area (Å²) in [4.78, 5) is 14.1. The average Bonchev–Trinajstić information content (AvgIpc) is 2.50. The van der Waals surface area contributed by atoms with E-state index in [2.05, 4.69) is 29.2 Å². The third-order valence-corrected chi connectivity index (χ3v) is 3.46. The lowest BCUT2D eigenvalue weighted by Crippen LogP contribution is -2.31. The highest BCUT2D eigenvalue weighted by Gasteiger charge is 2.17. The molecule has 0 atom stereocenters. The van der Waals surface area contributed by atoms with Gasteiger partial charge in [-0.3, -0.25) is 9.69 Å². The Kier molecular flexibility index (Phi) is 3.95. The van der Waals surface area contributed by atoms with E-state index >= 15 is 0 Å². The van der Waals surface area contributed by atoms with Crippen LogP contribution in [0.3, 0.4) is 0 Å². The quantitative estimate of drug-likeness (QED) is 0.797. The Morgan fingerprint density at radius 1 is 1.29 bits per heavy atom. The smallest absolute Gasteiger partial charge is 0.149 e. The number of rotatable bonds is 3. The molecule has 0 spiro atoms. The molecule has 0 saturated heterocycles. The van der Waals surface area contributed by atoms with Gasteiger partial charge in [0.1, 0.15) is 5.78 Å². The van der Waals surface area contributed by atoms with Gasteiger partial charge < -0.3 is 0 Å². The number of fused-ring (bicyclic) bond motifs is 1. The molecule has 17 heavy (non-hydrogen) atoms. The summed E-state index contributed by atoms with van der Waals surface area (Å²) in [5, 5.41) is 0. The van der Waals surface area contributed by atoms with Crippen LogP contribution in [0.25, 0.3) is 0 Å². The number of aryl methyl sites for hydroxylation is 1. The molecule has 0 saturated carbocycles. The standard InChI is InChI=1S/C15H21NO/c1-12(2)15(17)11-16-9-5-8-13-6-3-4-7-14(13)10-16/h3-4,6-7,12H,5,8-11H2,1-2H3. The summed E-state index contributed by atoms with van der Waals surface area (Å²) in [5.41, 5.74) is 2.84. The summed E-state index contributed by atoms with van der Waals surface area (Å²) in [5.74, 6) is 0.498. The molecule has 0 fully saturated rings. The summed E-state index contributed by atoms with van der Waals surface area (Å²) in [6.07, 6.45) is 2.30. The largest absolute Gasteiger partial charge is 0.298 e. The van der Waals surface area contributed by atoms with Crippen molar-refractivity contribution in [3.63, 3.8) is 0 Å². The van der Waals surface area contributed by atoms with Crippen molar-refractivity contribution in [2.75, 3.05) is 13.1 Å². The molecular weight excluding hydrogens is 210 g/mol. The monoisotopic (exact) mass is 231 g/mol. The van der Waals surface area contributed by atoms with E-state index in [1.807, 2.05) is 13.8 Å². The number of ketones is 1. The van der Waals surface area contributed by atoms with Crippen molar-refractivity contribution >= 4 is 5.78 Å². The Balaban J connectivity index is 2.05. The number of carbonyl (C=O) groups excluding carboxylic acids is 1. The highest BCUT2D eigenvalue weighted by atomic mass is 16.1. The summed E-state index contributed by atoms with van der Waals surface area (Å²) in [7, 11) is 0. The van der Waals surface area contributed by atoms with Crippen molar-refractivity contribution in [2.24, 2.45) is 5.92 Å². The van der Waals surface area contributed by atoms with Crippen molar-refractivity contribution < 1.29 is 4.79 Å². The second kappa shape index (κ2) is 5.46. The molecule has 2 nitrogen and oxygen atoms in total. The molecule has 0 bridgehead atoms. The van der Waals surface area contributed by atoms with Gasteiger partial charge in [0.25, 0.3) is 0 Å². The molecule has 0 amide bonds. The van der Waals surface area contributed by atoms with E-state index in [1.54, 1.807) is 0 Å². The Hall–Kier alpha value is -1.15. The molecule has 1 aromatic rings. The van der Waals surface area contributed by atoms with Crippen LogP contribution < -0.4 is 0 Å². The van der Waals surface area contributed by atoms with E-state index in [0.29, 0.717) is 12.3 Å². The van der Waals surface area contributed by atoms with Gasteiger partial charge in [-0.15, -0.1) is 0 Å². The first-order valence-corrected chi connectivity index (χ1v) is 6.48. The van der Waals surface area contributed by atoms with Crippen molar-refractivity contribution in [2.45, 2.75) is 33.2 Å². The van der Waals surface area contributed by atoms with Crippen LogP contribution in [0.1, 0.15) is 31.4 Å². The summed E-state index contributed by atoms with van der Waals surface area (Å²) in [6.45, 7) is 6.52.